The van der Waals surface area contributed by atoms with Gasteiger partial charge in [0, 0.05) is 11.4 Å². The number of carbonyl (C=O) groups excluding carboxylic acids is 1. The molecule has 0 aliphatic carbocycles. The molecule has 5 heteroatoms. The number of nitrogens with one attached hydrogen (secondary N) is 1. The summed E-state index contributed by atoms with van der Waals surface area (Å²) in [7, 11) is 0. The Balaban J connectivity index is 1.96. The number of rotatable bonds is 4. The van der Waals surface area contributed by atoms with Gasteiger partial charge in [-0.2, -0.15) is 0 Å². The van der Waals surface area contributed by atoms with Gasteiger partial charge in [0.05, 0.1) is 4.47 Å². The van der Waals surface area contributed by atoms with Gasteiger partial charge >= 0.3 is 0 Å². The van der Waals surface area contributed by atoms with E-state index in [0.717, 1.165) is 21.3 Å². The first kappa shape index (κ1) is 15.4. The number of nitrogen functional groups attached to an aromatic ring is 1. The van der Waals surface area contributed by atoms with Gasteiger partial charge in [-0.15, -0.1) is 0 Å². The zero-order chi connectivity index (χ0) is 15.4. The zero-order valence-electron chi connectivity index (χ0n) is 11.9. The van der Waals surface area contributed by atoms with E-state index in [1.54, 1.807) is 12.1 Å². The Kier molecular flexibility index (Phi) is 4.85. The summed E-state index contributed by atoms with van der Waals surface area (Å²) in [5, 5.41) is 2.80. The van der Waals surface area contributed by atoms with E-state index in [1.165, 1.54) is 0 Å². The number of anilines is 2. The lowest BCUT2D eigenvalue weighted by atomic mass is 10.2. The van der Waals surface area contributed by atoms with Crippen molar-refractivity contribution in [2.45, 2.75) is 13.8 Å². The van der Waals surface area contributed by atoms with Gasteiger partial charge in [0.2, 0.25) is 0 Å². The van der Waals surface area contributed by atoms with E-state index in [9.17, 15) is 4.79 Å². The monoisotopic (exact) mass is 348 g/mol. The summed E-state index contributed by atoms with van der Waals surface area (Å²) < 4.78 is 6.34. The van der Waals surface area contributed by atoms with Crippen LogP contribution in [0.25, 0.3) is 0 Å². The van der Waals surface area contributed by atoms with Crippen LogP contribution >= 0.6 is 15.9 Å². The van der Waals surface area contributed by atoms with Crippen LogP contribution in [-0.2, 0) is 4.79 Å². The molecule has 2 aromatic rings. The van der Waals surface area contributed by atoms with Crippen LogP contribution in [0.2, 0.25) is 0 Å². The fraction of sp³-hybridized carbons (Fsp3) is 0.188. The van der Waals surface area contributed by atoms with Crippen LogP contribution in [0.1, 0.15) is 11.1 Å². The molecule has 4 nitrogen and oxygen atoms in total. The number of benzene rings is 2. The minimum Gasteiger partial charge on any atom is -0.483 e. The second-order valence-corrected chi connectivity index (χ2v) is 5.70. The SMILES string of the molecule is Cc1ccc(OCC(=O)Nc2ccc(N)cc2C)c(Br)c1. The predicted molar refractivity (Wildman–Crippen MR) is 88.6 cm³/mol. The molecule has 0 saturated heterocycles. The van der Waals surface area contributed by atoms with E-state index >= 15 is 0 Å². The summed E-state index contributed by atoms with van der Waals surface area (Å²) in [6.45, 7) is 3.83. The Morgan fingerprint density at radius 2 is 2.00 bits per heavy atom. The summed E-state index contributed by atoms with van der Waals surface area (Å²) in [5.41, 5.74) is 9.13. The third-order valence-electron chi connectivity index (χ3n) is 2.97. The van der Waals surface area contributed by atoms with Crippen molar-refractivity contribution in [3.05, 3.63) is 52.0 Å². The highest BCUT2D eigenvalue weighted by molar-refractivity contribution is 9.10. The highest BCUT2D eigenvalue weighted by Crippen LogP contribution is 2.25. The number of hydrogen-bond acceptors (Lipinski definition) is 3. The molecule has 2 aromatic carbocycles. The standard InChI is InChI=1S/C16H17BrN2O2/c1-10-3-6-15(13(17)7-10)21-9-16(20)19-14-5-4-12(18)8-11(14)2/h3-8H,9,18H2,1-2H3,(H,19,20). The van der Waals surface area contributed by atoms with Crippen LogP contribution in [0, 0.1) is 13.8 Å². The molecule has 3 N–H and O–H groups in total. The molecule has 21 heavy (non-hydrogen) atoms. The largest absolute Gasteiger partial charge is 0.483 e. The minimum atomic E-state index is -0.213. The molecule has 0 aliphatic heterocycles. The smallest absolute Gasteiger partial charge is 0.262 e. The molecule has 110 valence electrons. The summed E-state index contributed by atoms with van der Waals surface area (Å²) in [5.74, 6) is 0.431. The van der Waals surface area contributed by atoms with E-state index in [2.05, 4.69) is 21.2 Å². The van der Waals surface area contributed by atoms with Gasteiger partial charge in [0.1, 0.15) is 5.75 Å². The molecule has 0 bridgehead atoms. The van der Waals surface area contributed by atoms with Crippen molar-refractivity contribution in [3.8, 4) is 5.75 Å². The predicted octanol–water partition coefficient (Wildman–Crippen LogP) is 3.67. The topological polar surface area (TPSA) is 64.3 Å². The summed E-state index contributed by atoms with van der Waals surface area (Å²) in [6, 6.07) is 11.1. The molecular weight excluding hydrogens is 332 g/mol. The second-order valence-electron chi connectivity index (χ2n) is 4.85. The van der Waals surface area contributed by atoms with Crippen molar-refractivity contribution in [2.24, 2.45) is 0 Å². The molecular formula is C16H17BrN2O2. The normalized spacial score (nSPS) is 10.2. The Bertz CT molecular complexity index is 671. The molecule has 0 heterocycles. The van der Waals surface area contributed by atoms with Crippen LogP contribution < -0.4 is 15.8 Å². The number of carbonyl (C=O) groups is 1. The van der Waals surface area contributed by atoms with Crippen molar-refractivity contribution < 1.29 is 9.53 Å². The third-order valence-corrected chi connectivity index (χ3v) is 3.59. The number of hydrogen-bond donors (Lipinski definition) is 2. The van der Waals surface area contributed by atoms with E-state index in [0.29, 0.717) is 11.4 Å². The maximum Gasteiger partial charge on any atom is 0.262 e. The number of amides is 1. The average Bonchev–Trinajstić information content (AvgIpc) is 2.41. The molecule has 0 atom stereocenters. The van der Waals surface area contributed by atoms with Crippen LogP contribution in [-0.4, -0.2) is 12.5 Å². The third kappa shape index (κ3) is 4.23. The fourth-order valence-electron chi connectivity index (χ4n) is 1.88. The van der Waals surface area contributed by atoms with Gasteiger partial charge in [-0.25, -0.2) is 0 Å². The molecule has 0 aliphatic rings. The van der Waals surface area contributed by atoms with Gasteiger partial charge in [-0.3, -0.25) is 4.79 Å². The minimum absolute atomic E-state index is 0.0501. The van der Waals surface area contributed by atoms with Crippen LogP contribution in [0.3, 0.4) is 0 Å². The fourth-order valence-corrected chi connectivity index (χ4v) is 2.49. The number of ether oxygens (including phenoxy) is 1. The highest BCUT2D eigenvalue weighted by atomic mass is 79.9. The number of halogens is 1. The van der Waals surface area contributed by atoms with Crippen molar-refractivity contribution >= 4 is 33.2 Å². The van der Waals surface area contributed by atoms with E-state index in [4.69, 9.17) is 10.5 Å². The molecule has 0 radical (unpaired) electrons. The second kappa shape index (κ2) is 6.63. The first-order valence-electron chi connectivity index (χ1n) is 6.50. The lowest BCUT2D eigenvalue weighted by Crippen LogP contribution is -2.20. The van der Waals surface area contributed by atoms with E-state index < -0.39 is 0 Å². The Morgan fingerprint density at radius 3 is 2.67 bits per heavy atom. The first-order chi connectivity index (χ1) is 9.95. The van der Waals surface area contributed by atoms with Crippen molar-refractivity contribution in [3.63, 3.8) is 0 Å². The lowest BCUT2D eigenvalue weighted by Gasteiger charge is -2.11. The molecule has 0 saturated carbocycles. The van der Waals surface area contributed by atoms with Gasteiger partial charge in [-0.05, 0) is 71.2 Å². The average molecular weight is 349 g/mol. The van der Waals surface area contributed by atoms with Gasteiger partial charge < -0.3 is 15.8 Å². The van der Waals surface area contributed by atoms with E-state index in [-0.39, 0.29) is 12.5 Å². The van der Waals surface area contributed by atoms with Gasteiger partial charge in [-0.1, -0.05) is 6.07 Å². The quantitative estimate of drug-likeness (QED) is 0.828. The zero-order valence-corrected chi connectivity index (χ0v) is 13.5. The molecule has 0 spiro atoms. The number of aryl methyl sites for hydroxylation is 2. The molecule has 0 unspecified atom stereocenters. The Morgan fingerprint density at radius 1 is 1.24 bits per heavy atom. The lowest BCUT2D eigenvalue weighted by molar-refractivity contribution is -0.118. The van der Waals surface area contributed by atoms with Crippen molar-refractivity contribution in [2.75, 3.05) is 17.7 Å². The van der Waals surface area contributed by atoms with Crippen LogP contribution in [0.4, 0.5) is 11.4 Å². The first-order valence-corrected chi connectivity index (χ1v) is 7.30. The molecule has 0 aromatic heterocycles. The van der Waals surface area contributed by atoms with Gasteiger partial charge in [0.15, 0.2) is 6.61 Å². The maximum absolute atomic E-state index is 11.9. The summed E-state index contributed by atoms with van der Waals surface area (Å²) in [6.07, 6.45) is 0. The van der Waals surface area contributed by atoms with E-state index in [1.807, 2.05) is 38.1 Å². The molecule has 0 fully saturated rings. The molecule has 1 amide bonds. The summed E-state index contributed by atoms with van der Waals surface area (Å²) >= 11 is 3.41. The Labute approximate surface area is 132 Å². The Hall–Kier alpha value is -2.01. The van der Waals surface area contributed by atoms with Crippen LogP contribution in [0.5, 0.6) is 5.75 Å². The van der Waals surface area contributed by atoms with Crippen molar-refractivity contribution in [1.29, 1.82) is 0 Å². The number of nitrogens with two attached hydrogens (primary N) is 1. The molecule has 2 rings (SSSR count). The maximum atomic E-state index is 11.9. The van der Waals surface area contributed by atoms with Gasteiger partial charge in [0.25, 0.3) is 5.91 Å². The van der Waals surface area contributed by atoms with Crippen molar-refractivity contribution in [1.82, 2.24) is 0 Å². The highest BCUT2D eigenvalue weighted by Gasteiger charge is 2.08. The van der Waals surface area contributed by atoms with Crippen LogP contribution in [0.15, 0.2) is 40.9 Å². The summed E-state index contributed by atoms with van der Waals surface area (Å²) in [4.78, 5) is 11.9.